The summed E-state index contributed by atoms with van der Waals surface area (Å²) in [6, 6.07) is 16.5. The number of benzene rings is 2. The summed E-state index contributed by atoms with van der Waals surface area (Å²) >= 11 is 0. The molecule has 0 amide bonds. The van der Waals surface area contributed by atoms with Crippen LogP contribution in [0.15, 0.2) is 59.1 Å². The Kier molecular flexibility index (Phi) is 5.62. The Morgan fingerprint density at radius 3 is 2.50 bits per heavy atom. The Hall–Kier alpha value is -3.62. The number of hydrogen-bond acceptors (Lipinski definition) is 8. The van der Waals surface area contributed by atoms with Crippen LogP contribution in [0.25, 0.3) is 34.3 Å². The van der Waals surface area contributed by atoms with Gasteiger partial charge in [-0.05, 0) is 31.0 Å². The van der Waals surface area contributed by atoms with Crippen molar-refractivity contribution in [2.45, 2.75) is 25.9 Å². The number of nitrogen functional groups attached to an aromatic ring is 1. The number of aryl methyl sites for hydroxylation is 1. The first kappa shape index (κ1) is 20.3. The Morgan fingerprint density at radius 2 is 1.75 bits per heavy atom. The molecule has 32 heavy (non-hydrogen) atoms. The van der Waals surface area contributed by atoms with Crippen LogP contribution in [0.2, 0.25) is 0 Å². The largest absolute Gasteiger partial charge is 0.414 e. The summed E-state index contributed by atoms with van der Waals surface area (Å²) in [5.41, 5.74) is 11.3. The molecule has 162 valence electrons. The van der Waals surface area contributed by atoms with Gasteiger partial charge in [0, 0.05) is 30.3 Å². The molecule has 0 spiro atoms. The van der Waals surface area contributed by atoms with Gasteiger partial charge in [-0.3, -0.25) is 0 Å². The lowest BCUT2D eigenvalue weighted by molar-refractivity contribution is 0.190. The van der Waals surface area contributed by atoms with Gasteiger partial charge in [-0.15, -0.1) is 10.2 Å². The third kappa shape index (κ3) is 4.37. The van der Waals surface area contributed by atoms with Crippen molar-refractivity contribution in [3.8, 4) is 34.3 Å². The molecule has 3 heterocycles. The van der Waals surface area contributed by atoms with Gasteiger partial charge < -0.3 is 20.2 Å². The summed E-state index contributed by atoms with van der Waals surface area (Å²) in [5.74, 6) is 0.893. The lowest BCUT2D eigenvalue weighted by Crippen LogP contribution is -2.28. The van der Waals surface area contributed by atoms with E-state index in [9.17, 15) is 0 Å². The van der Waals surface area contributed by atoms with Gasteiger partial charge in [0.25, 0.3) is 5.89 Å². The fourth-order valence-electron chi connectivity index (χ4n) is 3.58. The van der Waals surface area contributed by atoms with E-state index < -0.39 is 0 Å². The van der Waals surface area contributed by atoms with E-state index in [0.717, 1.165) is 37.3 Å². The average Bonchev–Trinajstić information content (AvgIpc) is 3.52. The summed E-state index contributed by atoms with van der Waals surface area (Å²) in [7, 11) is 0. The Bertz CT molecular complexity index is 1200. The molecule has 0 radical (unpaired) electrons. The van der Waals surface area contributed by atoms with Crippen molar-refractivity contribution in [2.24, 2.45) is 0 Å². The molecule has 0 saturated carbocycles. The summed E-state index contributed by atoms with van der Waals surface area (Å²) < 4.78 is 11.3. The van der Waals surface area contributed by atoms with E-state index >= 15 is 0 Å². The molecule has 0 bridgehead atoms. The van der Waals surface area contributed by atoms with Gasteiger partial charge in [0.2, 0.25) is 5.89 Å². The highest BCUT2D eigenvalue weighted by atomic mass is 16.5. The molecule has 1 fully saturated rings. The number of rotatable bonds is 6. The number of ether oxygens (including phenoxy) is 1. The fraction of sp³-hybridized carbons (Fsp3) is 0.250. The minimum Gasteiger partial charge on any atom is -0.414 e. The Morgan fingerprint density at radius 1 is 1.00 bits per heavy atom. The smallest absolute Gasteiger partial charge is 0.270 e. The van der Waals surface area contributed by atoms with Crippen LogP contribution < -0.4 is 11.1 Å². The molecule has 8 heteroatoms. The zero-order valence-electron chi connectivity index (χ0n) is 17.8. The summed E-state index contributed by atoms with van der Waals surface area (Å²) in [5, 5.41) is 11.8. The standard InChI is InChI=1S/C24H24N6O2/c1-15-2-6-17(7-3-15)20-13-27-22(25)21(28-20)24-30-29-23(32-24)18-8-4-16(5-9-18)12-26-19-10-11-31-14-19/h2-9,13,19,26H,10-12,14H2,1H3,(H2,25,27). The maximum Gasteiger partial charge on any atom is 0.270 e. The van der Waals surface area contributed by atoms with Crippen LogP contribution in [0.4, 0.5) is 5.82 Å². The summed E-state index contributed by atoms with van der Waals surface area (Å²) in [6.45, 7) is 4.44. The molecule has 2 aromatic carbocycles. The van der Waals surface area contributed by atoms with Crippen molar-refractivity contribution < 1.29 is 9.15 Å². The molecular weight excluding hydrogens is 404 g/mol. The topological polar surface area (TPSA) is 112 Å². The van der Waals surface area contributed by atoms with E-state index in [2.05, 4.69) is 25.5 Å². The van der Waals surface area contributed by atoms with Crippen LogP contribution in [-0.4, -0.2) is 39.4 Å². The maximum atomic E-state index is 6.06. The van der Waals surface area contributed by atoms with E-state index in [1.54, 1.807) is 6.20 Å². The molecule has 4 aromatic rings. The van der Waals surface area contributed by atoms with Gasteiger partial charge in [0.05, 0.1) is 18.5 Å². The third-order valence-electron chi connectivity index (χ3n) is 5.50. The third-order valence-corrected chi connectivity index (χ3v) is 5.50. The normalized spacial score (nSPS) is 15.8. The zero-order chi connectivity index (χ0) is 21.9. The van der Waals surface area contributed by atoms with Crippen molar-refractivity contribution in [3.63, 3.8) is 0 Å². The fourth-order valence-corrected chi connectivity index (χ4v) is 3.58. The number of nitrogens with one attached hydrogen (secondary N) is 1. The number of hydrogen-bond donors (Lipinski definition) is 2. The first-order chi connectivity index (χ1) is 15.7. The Labute approximate surface area is 185 Å². The van der Waals surface area contributed by atoms with E-state index in [4.69, 9.17) is 14.9 Å². The molecule has 5 rings (SSSR count). The highest BCUT2D eigenvalue weighted by molar-refractivity contribution is 5.68. The van der Waals surface area contributed by atoms with Gasteiger partial charge in [-0.1, -0.05) is 42.0 Å². The van der Waals surface area contributed by atoms with Crippen molar-refractivity contribution in [1.82, 2.24) is 25.5 Å². The molecular formula is C24H24N6O2. The Balaban J connectivity index is 1.34. The first-order valence-electron chi connectivity index (χ1n) is 10.6. The highest BCUT2D eigenvalue weighted by Gasteiger charge is 2.17. The van der Waals surface area contributed by atoms with Crippen LogP contribution in [0.5, 0.6) is 0 Å². The number of nitrogens with two attached hydrogens (primary N) is 1. The predicted molar refractivity (Wildman–Crippen MR) is 121 cm³/mol. The molecule has 1 saturated heterocycles. The molecule has 1 aliphatic rings. The van der Waals surface area contributed by atoms with Crippen LogP contribution >= 0.6 is 0 Å². The molecule has 0 aliphatic carbocycles. The molecule has 1 atom stereocenters. The number of aromatic nitrogens is 4. The van der Waals surface area contributed by atoms with Gasteiger partial charge >= 0.3 is 0 Å². The van der Waals surface area contributed by atoms with Crippen molar-refractivity contribution in [3.05, 3.63) is 65.9 Å². The highest BCUT2D eigenvalue weighted by Crippen LogP contribution is 2.28. The second kappa shape index (κ2) is 8.86. The minimum atomic E-state index is 0.242. The van der Waals surface area contributed by atoms with E-state index in [0.29, 0.717) is 23.3 Å². The van der Waals surface area contributed by atoms with Gasteiger partial charge in [0.15, 0.2) is 11.5 Å². The molecule has 1 unspecified atom stereocenters. The number of nitrogens with zero attached hydrogens (tertiary/aromatic N) is 4. The van der Waals surface area contributed by atoms with Gasteiger partial charge in [0.1, 0.15) is 0 Å². The second-order valence-electron chi connectivity index (χ2n) is 7.91. The second-order valence-corrected chi connectivity index (χ2v) is 7.91. The van der Waals surface area contributed by atoms with E-state index in [1.807, 2.05) is 55.5 Å². The first-order valence-corrected chi connectivity index (χ1v) is 10.6. The lowest BCUT2D eigenvalue weighted by Gasteiger charge is -2.10. The SMILES string of the molecule is Cc1ccc(-c2cnc(N)c(-c3nnc(-c4ccc(CNC5CCOC5)cc4)o3)n2)cc1. The van der Waals surface area contributed by atoms with E-state index in [-0.39, 0.29) is 11.7 Å². The van der Waals surface area contributed by atoms with Crippen LogP contribution in [0, 0.1) is 6.92 Å². The van der Waals surface area contributed by atoms with Crippen LogP contribution in [-0.2, 0) is 11.3 Å². The molecule has 8 nitrogen and oxygen atoms in total. The monoisotopic (exact) mass is 428 g/mol. The average molecular weight is 428 g/mol. The zero-order valence-corrected chi connectivity index (χ0v) is 17.8. The summed E-state index contributed by atoms with van der Waals surface area (Å²) in [6.07, 6.45) is 2.70. The van der Waals surface area contributed by atoms with Crippen molar-refractivity contribution in [2.75, 3.05) is 18.9 Å². The predicted octanol–water partition coefficient (Wildman–Crippen LogP) is 3.63. The molecule has 1 aliphatic heterocycles. The lowest BCUT2D eigenvalue weighted by atomic mass is 10.1. The van der Waals surface area contributed by atoms with Crippen LogP contribution in [0.1, 0.15) is 17.5 Å². The van der Waals surface area contributed by atoms with Gasteiger partial charge in [-0.2, -0.15) is 0 Å². The van der Waals surface area contributed by atoms with Gasteiger partial charge in [-0.25, -0.2) is 9.97 Å². The van der Waals surface area contributed by atoms with Crippen molar-refractivity contribution >= 4 is 5.82 Å². The molecule has 3 N–H and O–H groups in total. The van der Waals surface area contributed by atoms with Crippen molar-refractivity contribution in [1.29, 1.82) is 0 Å². The molecule has 2 aromatic heterocycles. The summed E-state index contributed by atoms with van der Waals surface area (Å²) in [4.78, 5) is 8.90. The number of anilines is 1. The quantitative estimate of drug-likeness (QED) is 0.479. The van der Waals surface area contributed by atoms with E-state index in [1.165, 1.54) is 11.1 Å². The maximum absolute atomic E-state index is 6.06. The van der Waals surface area contributed by atoms with Crippen LogP contribution in [0.3, 0.4) is 0 Å². The minimum absolute atomic E-state index is 0.242.